The zero-order valence-electron chi connectivity index (χ0n) is 11.6. The van der Waals surface area contributed by atoms with E-state index in [0.29, 0.717) is 12.1 Å². The fraction of sp³-hybridized carbons (Fsp3) is 0.133. The van der Waals surface area contributed by atoms with Gasteiger partial charge in [-0.2, -0.15) is 0 Å². The summed E-state index contributed by atoms with van der Waals surface area (Å²) in [5.41, 5.74) is -0.500. The maximum atomic E-state index is 13.4. The number of carbonyl (C=O) groups excluding carboxylic acids is 1. The highest BCUT2D eigenvalue weighted by molar-refractivity contribution is 5.91. The summed E-state index contributed by atoms with van der Waals surface area (Å²) >= 11 is 0. The molecule has 23 heavy (non-hydrogen) atoms. The zero-order valence-corrected chi connectivity index (χ0v) is 11.6. The van der Waals surface area contributed by atoms with Gasteiger partial charge in [0.25, 0.3) is 0 Å². The van der Waals surface area contributed by atoms with Crippen molar-refractivity contribution in [1.29, 1.82) is 0 Å². The minimum atomic E-state index is -1.69. The molecule has 0 radical (unpaired) electrons. The first-order valence-electron chi connectivity index (χ1n) is 6.50. The van der Waals surface area contributed by atoms with Crippen LogP contribution in [0.1, 0.15) is 6.42 Å². The van der Waals surface area contributed by atoms with E-state index in [-0.39, 0.29) is 18.7 Å². The monoisotopic (exact) mass is 330 g/mol. The van der Waals surface area contributed by atoms with E-state index in [1.54, 1.807) is 0 Å². The van der Waals surface area contributed by atoms with Crippen LogP contribution in [0.4, 0.5) is 33.3 Å². The Kier molecular flexibility index (Phi) is 5.15. The number of carbonyl (C=O) groups is 1. The zero-order chi connectivity index (χ0) is 17.0. The number of amides is 1. The summed E-state index contributed by atoms with van der Waals surface area (Å²) in [5, 5.41) is 4.64. The standard InChI is InChI=1S/C15H11F5N2O/c16-8-1-3-11(10(18)7-8)21-6-5-13(23)22-12-4-2-9(17)14(19)15(12)20/h1-4,7,21H,5-6H2,(H,22,23). The van der Waals surface area contributed by atoms with E-state index in [1.807, 2.05) is 0 Å². The number of halogens is 5. The minimum Gasteiger partial charge on any atom is -0.382 e. The van der Waals surface area contributed by atoms with Crippen molar-refractivity contribution in [3.05, 3.63) is 59.4 Å². The van der Waals surface area contributed by atoms with Crippen molar-refractivity contribution in [2.24, 2.45) is 0 Å². The van der Waals surface area contributed by atoms with Crippen LogP contribution >= 0.6 is 0 Å². The second kappa shape index (κ2) is 7.08. The Hall–Kier alpha value is -2.64. The van der Waals surface area contributed by atoms with Crippen molar-refractivity contribution in [3.8, 4) is 0 Å². The molecule has 0 saturated carbocycles. The number of anilines is 2. The van der Waals surface area contributed by atoms with E-state index < -0.39 is 40.7 Å². The Labute approximate surface area is 128 Å². The van der Waals surface area contributed by atoms with Crippen LogP contribution in [0.5, 0.6) is 0 Å². The molecule has 0 heterocycles. The molecule has 2 aromatic rings. The molecule has 0 aliphatic carbocycles. The number of hydrogen-bond acceptors (Lipinski definition) is 2. The molecule has 3 nitrogen and oxygen atoms in total. The van der Waals surface area contributed by atoms with Crippen LogP contribution in [0.2, 0.25) is 0 Å². The van der Waals surface area contributed by atoms with Crippen LogP contribution in [0.3, 0.4) is 0 Å². The predicted molar refractivity (Wildman–Crippen MR) is 74.4 cm³/mol. The summed E-state index contributed by atoms with van der Waals surface area (Å²) in [6.45, 7) is -0.0281. The Bertz CT molecular complexity index is 736. The summed E-state index contributed by atoms with van der Waals surface area (Å²) in [4.78, 5) is 11.6. The number of rotatable bonds is 5. The Balaban J connectivity index is 1.89. The maximum absolute atomic E-state index is 13.4. The molecule has 0 unspecified atom stereocenters. The second-order valence-corrected chi connectivity index (χ2v) is 4.57. The third-order valence-corrected chi connectivity index (χ3v) is 2.91. The molecule has 0 aromatic heterocycles. The highest BCUT2D eigenvalue weighted by Gasteiger charge is 2.15. The topological polar surface area (TPSA) is 41.1 Å². The molecular formula is C15H11F5N2O. The Morgan fingerprint density at radius 2 is 1.57 bits per heavy atom. The SMILES string of the molecule is O=C(CCNc1ccc(F)cc1F)Nc1ccc(F)c(F)c1F. The van der Waals surface area contributed by atoms with Crippen molar-refractivity contribution in [3.63, 3.8) is 0 Å². The summed E-state index contributed by atoms with van der Waals surface area (Å²) in [6, 6.07) is 4.46. The van der Waals surface area contributed by atoms with Gasteiger partial charge in [-0.3, -0.25) is 4.79 Å². The van der Waals surface area contributed by atoms with E-state index >= 15 is 0 Å². The van der Waals surface area contributed by atoms with Crippen LogP contribution in [0.25, 0.3) is 0 Å². The predicted octanol–water partition coefficient (Wildman–Crippen LogP) is 3.82. The van der Waals surface area contributed by atoms with Gasteiger partial charge in [-0.05, 0) is 24.3 Å². The van der Waals surface area contributed by atoms with Crippen LogP contribution < -0.4 is 10.6 Å². The van der Waals surface area contributed by atoms with Gasteiger partial charge < -0.3 is 10.6 Å². The molecule has 2 aromatic carbocycles. The van der Waals surface area contributed by atoms with E-state index in [0.717, 1.165) is 18.2 Å². The Morgan fingerprint density at radius 1 is 0.870 bits per heavy atom. The van der Waals surface area contributed by atoms with E-state index in [1.165, 1.54) is 0 Å². The molecule has 0 atom stereocenters. The average Bonchev–Trinajstić information content (AvgIpc) is 2.50. The summed E-state index contributed by atoms with van der Waals surface area (Å²) < 4.78 is 65.2. The molecule has 0 bridgehead atoms. The van der Waals surface area contributed by atoms with Crippen molar-refractivity contribution < 1.29 is 26.7 Å². The quantitative estimate of drug-likeness (QED) is 0.646. The first-order chi connectivity index (χ1) is 10.9. The fourth-order valence-electron chi connectivity index (χ4n) is 1.78. The van der Waals surface area contributed by atoms with Gasteiger partial charge in [0.05, 0.1) is 11.4 Å². The molecule has 8 heteroatoms. The lowest BCUT2D eigenvalue weighted by atomic mass is 10.2. The summed E-state index contributed by atoms with van der Waals surface area (Å²) in [7, 11) is 0. The van der Waals surface area contributed by atoms with E-state index in [4.69, 9.17) is 0 Å². The molecule has 0 saturated heterocycles. The number of hydrogen-bond donors (Lipinski definition) is 2. The highest BCUT2D eigenvalue weighted by Crippen LogP contribution is 2.20. The first-order valence-corrected chi connectivity index (χ1v) is 6.50. The average molecular weight is 330 g/mol. The lowest BCUT2D eigenvalue weighted by molar-refractivity contribution is -0.116. The first kappa shape index (κ1) is 16.7. The van der Waals surface area contributed by atoms with Crippen molar-refractivity contribution >= 4 is 17.3 Å². The van der Waals surface area contributed by atoms with Crippen LogP contribution in [-0.4, -0.2) is 12.5 Å². The van der Waals surface area contributed by atoms with Crippen molar-refractivity contribution in [1.82, 2.24) is 0 Å². The molecule has 1 amide bonds. The summed E-state index contributed by atoms with van der Waals surface area (Å²) in [6.07, 6.45) is -0.199. The van der Waals surface area contributed by atoms with E-state index in [9.17, 15) is 26.7 Å². The van der Waals surface area contributed by atoms with Gasteiger partial charge >= 0.3 is 0 Å². The lowest BCUT2D eigenvalue weighted by Crippen LogP contribution is -2.17. The van der Waals surface area contributed by atoms with Gasteiger partial charge in [0, 0.05) is 19.0 Å². The van der Waals surface area contributed by atoms with Crippen molar-refractivity contribution in [2.45, 2.75) is 6.42 Å². The Morgan fingerprint density at radius 3 is 2.26 bits per heavy atom. The third kappa shape index (κ3) is 4.18. The van der Waals surface area contributed by atoms with Gasteiger partial charge in [0.1, 0.15) is 11.6 Å². The molecule has 0 aliphatic rings. The number of benzene rings is 2. The maximum Gasteiger partial charge on any atom is 0.226 e. The fourth-order valence-corrected chi connectivity index (χ4v) is 1.78. The van der Waals surface area contributed by atoms with Crippen LogP contribution in [0.15, 0.2) is 30.3 Å². The van der Waals surface area contributed by atoms with Gasteiger partial charge in [0.15, 0.2) is 17.5 Å². The molecule has 0 aliphatic heterocycles. The normalized spacial score (nSPS) is 10.5. The second-order valence-electron chi connectivity index (χ2n) is 4.57. The smallest absolute Gasteiger partial charge is 0.226 e. The molecule has 2 rings (SSSR count). The van der Waals surface area contributed by atoms with E-state index in [2.05, 4.69) is 10.6 Å². The van der Waals surface area contributed by atoms with Gasteiger partial charge in [-0.15, -0.1) is 0 Å². The molecule has 0 fully saturated rings. The highest BCUT2D eigenvalue weighted by atomic mass is 19.2. The van der Waals surface area contributed by atoms with Crippen LogP contribution in [0, 0.1) is 29.1 Å². The largest absolute Gasteiger partial charge is 0.382 e. The summed E-state index contributed by atoms with van der Waals surface area (Å²) in [5.74, 6) is -6.80. The van der Waals surface area contributed by atoms with Crippen LogP contribution in [-0.2, 0) is 4.79 Å². The van der Waals surface area contributed by atoms with Gasteiger partial charge in [-0.25, -0.2) is 22.0 Å². The van der Waals surface area contributed by atoms with Crippen molar-refractivity contribution in [2.75, 3.05) is 17.2 Å². The molecular weight excluding hydrogens is 319 g/mol. The van der Waals surface area contributed by atoms with Gasteiger partial charge in [0.2, 0.25) is 5.91 Å². The third-order valence-electron chi connectivity index (χ3n) is 2.91. The lowest BCUT2D eigenvalue weighted by Gasteiger charge is -2.09. The van der Waals surface area contributed by atoms with Gasteiger partial charge in [-0.1, -0.05) is 0 Å². The minimum absolute atomic E-state index is 0.00166. The molecule has 2 N–H and O–H groups in total. The number of nitrogens with one attached hydrogen (secondary N) is 2. The molecule has 122 valence electrons. The molecule has 0 spiro atoms.